The van der Waals surface area contributed by atoms with E-state index in [-0.39, 0.29) is 17.5 Å². The molecule has 0 bridgehead atoms. The number of carbonyl (C=O) groups excluding carboxylic acids is 1. The summed E-state index contributed by atoms with van der Waals surface area (Å²) in [6, 6.07) is 3.58. The van der Waals surface area contributed by atoms with Gasteiger partial charge in [-0.05, 0) is 87.3 Å². The van der Waals surface area contributed by atoms with Crippen molar-refractivity contribution in [1.29, 1.82) is 0 Å². The second-order valence-corrected chi connectivity index (χ2v) is 10.6. The largest absolute Gasteiger partial charge is 0.416 e. The van der Waals surface area contributed by atoms with Crippen LogP contribution in [0.4, 0.5) is 35.5 Å². The third-order valence-electron chi connectivity index (χ3n) is 7.44. The SMILES string of the molecule is Cc1cc(F)ccc1[C@H]1[C@H](CNCCN(C)C)CCN1C(=O)N(C)[C@H](C)c1cc(C(F)(F)F)cc(C(F)(F)F)c1. The number of hydrogen-bond donors (Lipinski definition) is 1. The monoisotopic (exact) mass is 576 g/mol. The summed E-state index contributed by atoms with van der Waals surface area (Å²) in [5, 5.41) is 3.39. The molecule has 0 aromatic heterocycles. The van der Waals surface area contributed by atoms with Crippen molar-refractivity contribution in [3.05, 3.63) is 70.0 Å². The smallest absolute Gasteiger partial charge is 0.321 e. The Morgan fingerprint density at radius 3 is 2.15 bits per heavy atom. The summed E-state index contributed by atoms with van der Waals surface area (Å²) in [5.41, 5.74) is -1.77. The number of likely N-dealkylation sites (N-methyl/N-ethyl adjacent to an activating group) is 1. The highest BCUT2D eigenvalue weighted by Gasteiger charge is 2.41. The van der Waals surface area contributed by atoms with Crippen molar-refractivity contribution < 1.29 is 35.5 Å². The van der Waals surface area contributed by atoms with Gasteiger partial charge in [-0.3, -0.25) is 0 Å². The molecule has 2 amide bonds. The maximum atomic E-state index is 13.9. The summed E-state index contributed by atoms with van der Waals surface area (Å²) in [4.78, 5) is 18.5. The normalized spacial score (nSPS) is 18.9. The number of aryl methyl sites for hydroxylation is 1. The number of hydrogen-bond acceptors (Lipinski definition) is 3. The van der Waals surface area contributed by atoms with E-state index in [9.17, 15) is 35.5 Å². The lowest BCUT2D eigenvalue weighted by Gasteiger charge is -2.35. The zero-order valence-electron chi connectivity index (χ0n) is 23.1. The van der Waals surface area contributed by atoms with Crippen molar-refractivity contribution >= 4 is 6.03 Å². The van der Waals surface area contributed by atoms with E-state index in [4.69, 9.17) is 0 Å². The highest BCUT2D eigenvalue weighted by Crippen LogP contribution is 2.41. The average molecular weight is 577 g/mol. The Hall–Kier alpha value is -2.86. The number of nitrogens with zero attached hydrogens (tertiary/aromatic N) is 3. The molecule has 2 aromatic rings. The number of benzene rings is 2. The molecule has 1 saturated heterocycles. The minimum absolute atomic E-state index is 0.0376. The zero-order valence-corrected chi connectivity index (χ0v) is 23.1. The van der Waals surface area contributed by atoms with E-state index in [1.54, 1.807) is 17.9 Å². The van der Waals surface area contributed by atoms with Gasteiger partial charge in [-0.15, -0.1) is 0 Å². The molecule has 3 rings (SSSR count). The van der Waals surface area contributed by atoms with Crippen LogP contribution in [-0.4, -0.2) is 68.1 Å². The molecule has 12 heteroatoms. The minimum Gasteiger partial charge on any atom is -0.321 e. The van der Waals surface area contributed by atoms with E-state index in [1.165, 1.54) is 26.1 Å². The van der Waals surface area contributed by atoms with Gasteiger partial charge < -0.3 is 20.0 Å². The lowest BCUT2D eigenvalue weighted by Crippen LogP contribution is -2.43. The van der Waals surface area contributed by atoms with Crippen molar-refractivity contribution in [2.75, 3.05) is 47.3 Å². The lowest BCUT2D eigenvalue weighted by molar-refractivity contribution is -0.143. The summed E-state index contributed by atoms with van der Waals surface area (Å²) < 4.78 is 94.5. The first-order chi connectivity index (χ1) is 18.5. The third-order valence-corrected chi connectivity index (χ3v) is 7.44. The molecular formula is C28H35F7N4O. The Kier molecular flexibility index (Phi) is 9.77. The van der Waals surface area contributed by atoms with Gasteiger partial charge in [0.05, 0.1) is 23.2 Å². The Morgan fingerprint density at radius 2 is 1.62 bits per heavy atom. The van der Waals surface area contributed by atoms with E-state index in [2.05, 4.69) is 5.32 Å². The fraction of sp³-hybridized carbons (Fsp3) is 0.536. The number of rotatable bonds is 8. The number of nitrogens with one attached hydrogen (secondary N) is 1. The van der Waals surface area contributed by atoms with E-state index in [0.717, 1.165) is 17.0 Å². The molecule has 0 radical (unpaired) electrons. The van der Waals surface area contributed by atoms with Crippen molar-refractivity contribution in [2.45, 2.75) is 44.7 Å². The fourth-order valence-electron chi connectivity index (χ4n) is 5.08. The number of likely N-dealkylation sites (tertiary alicyclic amines) is 1. The molecule has 0 saturated carbocycles. The Morgan fingerprint density at radius 1 is 1.02 bits per heavy atom. The van der Waals surface area contributed by atoms with Gasteiger partial charge in [0, 0.05) is 33.2 Å². The van der Waals surface area contributed by atoms with Crippen LogP contribution in [0, 0.1) is 18.7 Å². The summed E-state index contributed by atoms with van der Waals surface area (Å²) in [6.45, 7) is 5.54. The number of alkyl halides is 6. The van der Waals surface area contributed by atoms with Crippen LogP contribution in [-0.2, 0) is 12.4 Å². The van der Waals surface area contributed by atoms with E-state index >= 15 is 0 Å². The molecule has 2 aromatic carbocycles. The van der Waals surface area contributed by atoms with Gasteiger partial charge in [-0.1, -0.05) is 6.07 Å². The van der Waals surface area contributed by atoms with Gasteiger partial charge in [0.25, 0.3) is 0 Å². The van der Waals surface area contributed by atoms with Crippen LogP contribution in [0.5, 0.6) is 0 Å². The van der Waals surface area contributed by atoms with Gasteiger partial charge in [0.2, 0.25) is 0 Å². The summed E-state index contributed by atoms with van der Waals surface area (Å²) >= 11 is 0. The molecule has 3 atom stereocenters. The van der Waals surface area contributed by atoms with E-state index in [1.807, 2.05) is 19.0 Å². The second kappa shape index (κ2) is 12.3. The van der Waals surface area contributed by atoms with Crippen LogP contribution in [0.2, 0.25) is 0 Å². The molecule has 1 aliphatic heterocycles. The molecule has 40 heavy (non-hydrogen) atoms. The predicted octanol–water partition coefficient (Wildman–Crippen LogP) is 6.50. The van der Waals surface area contributed by atoms with E-state index < -0.39 is 47.4 Å². The number of carbonyl (C=O) groups is 1. The van der Waals surface area contributed by atoms with Crippen LogP contribution >= 0.6 is 0 Å². The van der Waals surface area contributed by atoms with Gasteiger partial charge in [-0.25, -0.2) is 9.18 Å². The van der Waals surface area contributed by atoms with Gasteiger partial charge in [0.15, 0.2) is 0 Å². The zero-order chi connectivity index (χ0) is 30.0. The second-order valence-electron chi connectivity index (χ2n) is 10.6. The Balaban J connectivity index is 1.92. The first kappa shape index (κ1) is 31.7. The summed E-state index contributed by atoms with van der Waals surface area (Å²) in [7, 11) is 5.25. The van der Waals surface area contributed by atoms with Crippen molar-refractivity contribution in [1.82, 2.24) is 20.0 Å². The minimum atomic E-state index is -4.99. The number of halogens is 7. The molecule has 1 N–H and O–H groups in total. The molecule has 0 aliphatic carbocycles. The Bertz CT molecular complexity index is 1150. The maximum absolute atomic E-state index is 13.9. The first-order valence-electron chi connectivity index (χ1n) is 12.9. The number of urea groups is 1. The molecule has 5 nitrogen and oxygen atoms in total. The molecule has 1 heterocycles. The molecule has 222 valence electrons. The fourth-order valence-corrected chi connectivity index (χ4v) is 5.08. The van der Waals surface area contributed by atoms with Crippen LogP contribution in [0.25, 0.3) is 0 Å². The van der Waals surface area contributed by atoms with Crippen molar-refractivity contribution in [2.24, 2.45) is 5.92 Å². The van der Waals surface area contributed by atoms with Gasteiger partial charge in [0.1, 0.15) is 5.82 Å². The van der Waals surface area contributed by atoms with Crippen LogP contribution in [0.15, 0.2) is 36.4 Å². The quantitative estimate of drug-likeness (QED) is 0.288. The maximum Gasteiger partial charge on any atom is 0.416 e. The van der Waals surface area contributed by atoms with Gasteiger partial charge in [-0.2, -0.15) is 26.3 Å². The van der Waals surface area contributed by atoms with Crippen LogP contribution < -0.4 is 5.32 Å². The molecule has 0 spiro atoms. The van der Waals surface area contributed by atoms with Crippen LogP contribution in [0.1, 0.15) is 53.2 Å². The van der Waals surface area contributed by atoms with Crippen molar-refractivity contribution in [3.63, 3.8) is 0 Å². The average Bonchev–Trinajstić information content (AvgIpc) is 3.27. The van der Waals surface area contributed by atoms with Gasteiger partial charge >= 0.3 is 18.4 Å². The molecule has 1 aliphatic rings. The first-order valence-corrected chi connectivity index (χ1v) is 12.9. The number of amides is 2. The molecule has 0 unspecified atom stereocenters. The summed E-state index contributed by atoms with van der Waals surface area (Å²) in [6.07, 6.45) is -9.37. The van der Waals surface area contributed by atoms with Crippen molar-refractivity contribution in [3.8, 4) is 0 Å². The van der Waals surface area contributed by atoms with Crippen LogP contribution in [0.3, 0.4) is 0 Å². The summed E-state index contributed by atoms with van der Waals surface area (Å²) in [5.74, 6) is -0.460. The highest BCUT2D eigenvalue weighted by molar-refractivity contribution is 5.76. The molecular weight excluding hydrogens is 541 g/mol. The highest BCUT2D eigenvalue weighted by atomic mass is 19.4. The Labute approximate surface area is 229 Å². The molecule has 1 fully saturated rings. The standard InChI is InChI=1S/C28H35F7N4O/c1-17-12-23(29)6-7-24(17)25-19(16-36-9-11-37(3)4)8-10-39(25)26(40)38(5)18(2)20-13-21(27(30,31)32)15-22(14-20)28(33,34)35/h6-7,12-15,18-19,25,36H,8-11,16H2,1-5H3/t18-,19+,25-/m1/s1. The predicted molar refractivity (Wildman–Crippen MR) is 138 cm³/mol. The topological polar surface area (TPSA) is 38.8 Å². The van der Waals surface area contributed by atoms with E-state index in [0.29, 0.717) is 43.8 Å². The lowest BCUT2D eigenvalue weighted by atomic mass is 9.90. The third kappa shape index (κ3) is 7.45.